The standard InChI is InChI=1S/C12H19NO/c1-4-14-9-8-13(3)12-7-5-6-11(2)10-12/h5-7,10H,4,8-9H2,1-3H3. The quantitative estimate of drug-likeness (QED) is 0.666. The summed E-state index contributed by atoms with van der Waals surface area (Å²) in [5.74, 6) is 0. The van der Waals surface area contributed by atoms with Crippen LogP contribution in [0.15, 0.2) is 24.3 Å². The topological polar surface area (TPSA) is 12.5 Å². The van der Waals surface area contributed by atoms with Gasteiger partial charge in [-0.1, -0.05) is 12.1 Å². The van der Waals surface area contributed by atoms with Crippen LogP contribution in [0.1, 0.15) is 12.5 Å². The molecular formula is C12H19NO. The van der Waals surface area contributed by atoms with E-state index in [-0.39, 0.29) is 0 Å². The molecule has 0 bridgehead atoms. The second-order valence-electron chi connectivity index (χ2n) is 3.46. The van der Waals surface area contributed by atoms with E-state index in [2.05, 4.69) is 43.1 Å². The molecule has 0 fully saturated rings. The van der Waals surface area contributed by atoms with Crippen molar-refractivity contribution < 1.29 is 4.74 Å². The maximum atomic E-state index is 5.31. The van der Waals surface area contributed by atoms with Crippen LogP contribution in [0, 0.1) is 6.92 Å². The fourth-order valence-electron chi connectivity index (χ4n) is 1.34. The first-order valence-electron chi connectivity index (χ1n) is 5.09. The molecule has 1 aromatic rings. The molecule has 2 nitrogen and oxygen atoms in total. The predicted molar refractivity (Wildman–Crippen MR) is 60.9 cm³/mol. The number of anilines is 1. The smallest absolute Gasteiger partial charge is 0.0641 e. The number of rotatable bonds is 5. The van der Waals surface area contributed by atoms with E-state index < -0.39 is 0 Å². The molecule has 2 heteroatoms. The van der Waals surface area contributed by atoms with E-state index in [0.29, 0.717) is 0 Å². The van der Waals surface area contributed by atoms with E-state index in [1.807, 2.05) is 6.92 Å². The molecule has 0 aliphatic heterocycles. The van der Waals surface area contributed by atoms with Crippen LogP contribution >= 0.6 is 0 Å². The van der Waals surface area contributed by atoms with Gasteiger partial charge in [0, 0.05) is 25.9 Å². The second kappa shape index (κ2) is 5.66. The summed E-state index contributed by atoms with van der Waals surface area (Å²) in [6, 6.07) is 8.51. The van der Waals surface area contributed by atoms with Gasteiger partial charge in [-0.15, -0.1) is 0 Å². The molecule has 0 aromatic heterocycles. The van der Waals surface area contributed by atoms with Gasteiger partial charge in [0.25, 0.3) is 0 Å². The van der Waals surface area contributed by atoms with Gasteiger partial charge < -0.3 is 9.64 Å². The summed E-state index contributed by atoms with van der Waals surface area (Å²) < 4.78 is 5.31. The van der Waals surface area contributed by atoms with Crippen molar-refractivity contribution in [2.24, 2.45) is 0 Å². The Labute approximate surface area is 86.5 Å². The van der Waals surface area contributed by atoms with E-state index in [1.165, 1.54) is 11.3 Å². The molecule has 0 aliphatic carbocycles. The highest BCUT2D eigenvalue weighted by molar-refractivity contribution is 5.47. The SMILES string of the molecule is CCOCCN(C)c1cccc(C)c1. The Morgan fingerprint density at radius 1 is 1.36 bits per heavy atom. The molecule has 1 aromatic carbocycles. The Balaban J connectivity index is 2.47. The molecule has 78 valence electrons. The molecule has 0 radical (unpaired) electrons. The molecule has 0 amide bonds. The zero-order valence-corrected chi connectivity index (χ0v) is 9.29. The lowest BCUT2D eigenvalue weighted by Crippen LogP contribution is -2.22. The monoisotopic (exact) mass is 193 g/mol. The molecule has 14 heavy (non-hydrogen) atoms. The van der Waals surface area contributed by atoms with Gasteiger partial charge in [0.05, 0.1) is 6.61 Å². The average molecular weight is 193 g/mol. The van der Waals surface area contributed by atoms with Crippen molar-refractivity contribution in [3.8, 4) is 0 Å². The number of benzene rings is 1. The van der Waals surface area contributed by atoms with Gasteiger partial charge in [-0.05, 0) is 31.5 Å². The van der Waals surface area contributed by atoms with Crippen molar-refractivity contribution >= 4 is 5.69 Å². The highest BCUT2D eigenvalue weighted by atomic mass is 16.5. The Morgan fingerprint density at radius 2 is 2.14 bits per heavy atom. The molecule has 0 N–H and O–H groups in total. The molecule has 0 unspecified atom stereocenters. The van der Waals surface area contributed by atoms with Crippen LogP contribution in [0.4, 0.5) is 5.69 Å². The van der Waals surface area contributed by atoms with Crippen molar-refractivity contribution in [2.75, 3.05) is 31.7 Å². The van der Waals surface area contributed by atoms with Crippen LogP contribution in [-0.4, -0.2) is 26.8 Å². The van der Waals surface area contributed by atoms with Gasteiger partial charge in [0.1, 0.15) is 0 Å². The van der Waals surface area contributed by atoms with Gasteiger partial charge in [0.15, 0.2) is 0 Å². The summed E-state index contributed by atoms with van der Waals surface area (Å²) in [5, 5.41) is 0. The van der Waals surface area contributed by atoms with Crippen LogP contribution in [0.3, 0.4) is 0 Å². The number of aryl methyl sites for hydroxylation is 1. The maximum Gasteiger partial charge on any atom is 0.0641 e. The fourth-order valence-corrected chi connectivity index (χ4v) is 1.34. The van der Waals surface area contributed by atoms with Crippen molar-refractivity contribution in [1.82, 2.24) is 0 Å². The highest BCUT2D eigenvalue weighted by Crippen LogP contribution is 2.13. The summed E-state index contributed by atoms with van der Waals surface area (Å²) >= 11 is 0. The van der Waals surface area contributed by atoms with Crippen molar-refractivity contribution in [2.45, 2.75) is 13.8 Å². The Morgan fingerprint density at radius 3 is 2.79 bits per heavy atom. The van der Waals surface area contributed by atoms with E-state index in [0.717, 1.165) is 19.8 Å². The van der Waals surface area contributed by atoms with Crippen molar-refractivity contribution in [3.63, 3.8) is 0 Å². The minimum absolute atomic E-state index is 0.793. The Hall–Kier alpha value is -1.02. The minimum atomic E-state index is 0.793. The molecule has 0 saturated carbocycles. The van der Waals surface area contributed by atoms with Crippen molar-refractivity contribution in [1.29, 1.82) is 0 Å². The third-order valence-electron chi connectivity index (χ3n) is 2.22. The number of hydrogen-bond donors (Lipinski definition) is 0. The van der Waals surface area contributed by atoms with Crippen LogP contribution in [0.5, 0.6) is 0 Å². The van der Waals surface area contributed by atoms with Gasteiger partial charge >= 0.3 is 0 Å². The minimum Gasteiger partial charge on any atom is -0.380 e. The number of ether oxygens (including phenoxy) is 1. The maximum absolute atomic E-state index is 5.31. The van der Waals surface area contributed by atoms with E-state index in [1.54, 1.807) is 0 Å². The molecule has 0 saturated heterocycles. The summed E-state index contributed by atoms with van der Waals surface area (Å²) in [7, 11) is 2.09. The number of nitrogens with zero attached hydrogens (tertiary/aromatic N) is 1. The molecule has 1 rings (SSSR count). The molecular weight excluding hydrogens is 174 g/mol. The first kappa shape index (κ1) is 11.1. The van der Waals surface area contributed by atoms with Crippen LogP contribution in [0.25, 0.3) is 0 Å². The number of likely N-dealkylation sites (N-methyl/N-ethyl adjacent to an activating group) is 1. The highest BCUT2D eigenvalue weighted by Gasteiger charge is 1.99. The molecule has 0 heterocycles. The van der Waals surface area contributed by atoms with Gasteiger partial charge in [-0.25, -0.2) is 0 Å². The molecule has 0 atom stereocenters. The lowest BCUT2D eigenvalue weighted by molar-refractivity contribution is 0.154. The van der Waals surface area contributed by atoms with E-state index in [4.69, 9.17) is 4.74 Å². The first-order valence-corrected chi connectivity index (χ1v) is 5.09. The average Bonchev–Trinajstić information content (AvgIpc) is 2.18. The predicted octanol–water partition coefficient (Wildman–Crippen LogP) is 2.47. The molecule has 0 aliphatic rings. The Kier molecular flexibility index (Phi) is 4.47. The summed E-state index contributed by atoms with van der Waals surface area (Å²) in [5.41, 5.74) is 2.55. The van der Waals surface area contributed by atoms with Crippen LogP contribution in [0.2, 0.25) is 0 Å². The van der Waals surface area contributed by atoms with E-state index >= 15 is 0 Å². The zero-order chi connectivity index (χ0) is 10.4. The first-order chi connectivity index (χ1) is 6.74. The third-order valence-corrected chi connectivity index (χ3v) is 2.22. The van der Waals surface area contributed by atoms with E-state index in [9.17, 15) is 0 Å². The second-order valence-corrected chi connectivity index (χ2v) is 3.46. The summed E-state index contributed by atoms with van der Waals surface area (Å²) in [6.07, 6.45) is 0. The fraction of sp³-hybridized carbons (Fsp3) is 0.500. The van der Waals surface area contributed by atoms with Crippen molar-refractivity contribution in [3.05, 3.63) is 29.8 Å². The molecule has 0 spiro atoms. The Bertz CT molecular complexity index is 273. The summed E-state index contributed by atoms with van der Waals surface area (Å²) in [4.78, 5) is 2.21. The van der Waals surface area contributed by atoms with Crippen LogP contribution in [-0.2, 0) is 4.74 Å². The lowest BCUT2D eigenvalue weighted by Gasteiger charge is -2.19. The summed E-state index contributed by atoms with van der Waals surface area (Å²) in [6.45, 7) is 6.66. The van der Waals surface area contributed by atoms with Gasteiger partial charge in [-0.2, -0.15) is 0 Å². The third kappa shape index (κ3) is 3.38. The zero-order valence-electron chi connectivity index (χ0n) is 9.29. The lowest BCUT2D eigenvalue weighted by atomic mass is 10.2. The normalized spacial score (nSPS) is 10.2. The number of hydrogen-bond acceptors (Lipinski definition) is 2. The largest absolute Gasteiger partial charge is 0.380 e. The van der Waals surface area contributed by atoms with Gasteiger partial charge in [-0.3, -0.25) is 0 Å². The van der Waals surface area contributed by atoms with Crippen LogP contribution < -0.4 is 4.90 Å². The van der Waals surface area contributed by atoms with Gasteiger partial charge in [0.2, 0.25) is 0 Å².